The van der Waals surface area contributed by atoms with Gasteiger partial charge in [0.05, 0.1) is 12.0 Å². The molecule has 1 aromatic carbocycles. The number of carboxylic acid groups (broad SMARTS) is 1. The van der Waals surface area contributed by atoms with E-state index >= 15 is 0 Å². The molecule has 2 atom stereocenters. The molecule has 136 valence electrons. The monoisotopic (exact) mass is 367 g/mol. The van der Waals surface area contributed by atoms with Crippen molar-refractivity contribution < 1.29 is 24.2 Å². The van der Waals surface area contributed by atoms with Crippen LogP contribution in [0.25, 0.3) is 0 Å². The largest absolute Gasteiger partial charge is 0.481 e. The minimum Gasteiger partial charge on any atom is -0.481 e. The Kier molecular flexibility index (Phi) is 4.68. The van der Waals surface area contributed by atoms with Crippen molar-refractivity contribution in [3.63, 3.8) is 0 Å². The molecule has 1 N–H and O–H groups in total. The van der Waals surface area contributed by atoms with Gasteiger partial charge in [-0.25, -0.2) is 0 Å². The molecule has 1 amide bonds. The van der Waals surface area contributed by atoms with Crippen LogP contribution in [0.4, 0.5) is 0 Å². The lowest BCUT2D eigenvalue weighted by molar-refractivity contribution is -0.158. The summed E-state index contributed by atoms with van der Waals surface area (Å²) in [4.78, 5) is 26.5. The number of aliphatic carboxylic acids is 1. The van der Waals surface area contributed by atoms with Crippen molar-refractivity contribution in [3.8, 4) is 5.75 Å². The summed E-state index contributed by atoms with van der Waals surface area (Å²) in [6.45, 7) is 4.70. The Bertz CT molecular complexity index is 692. The molecule has 0 radical (unpaired) electrons. The number of ether oxygens (including phenoxy) is 2. The van der Waals surface area contributed by atoms with Crippen LogP contribution in [0.15, 0.2) is 24.3 Å². The van der Waals surface area contributed by atoms with Crippen molar-refractivity contribution in [2.75, 3.05) is 26.3 Å². The van der Waals surface area contributed by atoms with Gasteiger partial charge in [0.25, 0.3) is 5.91 Å². The van der Waals surface area contributed by atoms with Crippen molar-refractivity contribution in [1.29, 1.82) is 0 Å². The first-order chi connectivity index (χ1) is 11.7. The number of rotatable bonds is 4. The van der Waals surface area contributed by atoms with Gasteiger partial charge in [-0.15, -0.1) is 0 Å². The predicted octanol–water partition coefficient (Wildman–Crippen LogP) is 2.45. The van der Waals surface area contributed by atoms with Crippen LogP contribution in [0, 0.1) is 11.3 Å². The molecule has 0 unspecified atom stereocenters. The number of carboxylic acids is 1. The second kappa shape index (κ2) is 6.50. The average molecular weight is 368 g/mol. The van der Waals surface area contributed by atoms with Gasteiger partial charge in [0.1, 0.15) is 5.75 Å². The van der Waals surface area contributed by atoms with Crippen LogP contribution in [0.3, 0.4) is 0 Å². The fourth-order valence-corrected chi connectivity index (χ4v) is 3.88. The number of amides is 1. The molecule has 25 heavy (non-hydrogen) atoms. The number of hydrogen-bond donors (Lipinski definition) is 1. The lowest BCUT2D eigenvalue weighted by Gasteiger charge is -2.34. The third kappa shape index (κ3) is 3.33. The van der Waals surface area contributed by atoms with Gasteiger partial charge in [0.2, 0.25) is 0 Å². The van der Waals surface area contributed by atoms with E-state index in [9.17, 15) is 14.7 Å². The molecule has 7 heteroatoms. The molecule has 0 saturated carbocycles. The molecule has 2 saturated heterocycles. The molecule has 2 aliphatic heterocycles. The second-order valence-corrected chi connectivity index (χ2v) is 7.67. The third-order valence-electron chi connectivity index (χ3n) is 5.10. The highest BCUT2D eigenvalue weighted by Crippen LogP contribution is 2.43. The van der Waals surface area contributed by atoms with Gasteiger partial charge < -0.3 is 19.5 Å². The molecule has 2 fully saturated rings. The Morgan fingerprint density at radius 1 is 1.44 bits per heavy atom. The highest BCUT2D eigenvalue weighted by molar-refractivity contribution is 6.30. The summed E-state index contributed by atoms with van der Waals surface area (Å²) >= 11 is 5.96. The van der Waals surface area contributed by atoms with Crippen molar-refractivity contribution >= 4 is 23.5 Å². The normalized spacial score (nSPS) is 26.2. The van der Waals surface area contributed by atoms with E-state index in [0.29, 0.717) is 37.0 Å². The molecule has 1 aromatic rings. The first kappa shape index (κ1) is 18.0. The lowest BCUT2D eigenvalue weighted by Crippen LogP contribution is -2.49. The topological polar surface area (TPSA) is 76.1 Å². The highest BCUT2D eigenvalue weighted by atomic mass is 35.5. The van der Waals surface area contributed by atoms with Crippen LogP contribution >= 0.6 is 11.6 Å². The quantitative estimate of drug-likeness (QED) is 0.884. The zero-order valence-corrected chi connectivity index (χ0v) is 15.1. The van der Waals surface area contributed by atoms with Crippen LogP contribution in [0.5, 0.6) is 5.75 Å². The van der Waals surface area contributed by atoms with Crippen molar-refractivity contribution in [2.45, 2.75) is 25.9 Å². The smallest absolute Gasteiger partial charge is 0.311 e. The van der Waals surface area contributed by atoms with E-state index in [0.717, 1.165) is 0 Å². The summed E-state index contributed by atoms with van der Waals surface area (Å²) in [5, 5.41) is 10.3. The van der Waals surface area contributed by atoms with E-state index < -0.39 is 17.0 Å². The van der Waals surface area contributed by atoms with E-state index in [-0.39, 0.29) is 18.4 Å². The number of likely N-dealkylation sites (tertiary alicyclic amines) is 1. The number of fused-ring (bicyclic) bond motifs is 1. The summed E-state index contributed by atoms with van der Waals surface area (Å²) in [6.07, 6.45) is 0.423. The first-order valence-electron chi connectivity index (χ1n) is 8.30. The summed E-state index contributed by atoms with van der Waals surface area (Å²) in [5.74, 6) is -0.782. The molecule has 2 aliphatic rings. The molecule has 3 rings (SSSR count). The van der Waals surface area contributed by atoms with Gasteiger partial charge in [-0.3, -0.25) is 9.59 Å². The van der Waals surface area contributed by atoms with Crippen LogP contribution < -0.4 is 4.74 Å². The van der Waals surface area contributed by atoms with E-state index in [1.807, 2.05) is 0 Å². The standard InChI is InChI=1S/C18H22ClNO5/c1-17(2,25-14-5-3-4-13(19)8-14)15(21)20-9-12-10-24-7-6-18(12,11-20)16(22)23/h3-5,8,12H,6-7,9-11H2,1-2H3,(H,22,23)/t12-,18+/m0/s1. The first-order valence-corrected chi connectivity index (χ1v) is 8.67. The van der Waals surface area contributed by atoms with Gasteiger partial charge in [0, 0.05) is 30.6 Å². The number of carbonyl (C=O) groups is 2. The molecule has 0 bridgehead atoms. The molecule has 0 aromatic heterocycles. The second-order valence-electron chi connectivity index (χ2n) is 7.24. The molecular weight excluding hydrogens is 346 g/mol. The maximum absolute atomic E-state index is 13.0. The summed E-state index contributed by atoms with van der Waals surface area (Å²) in [5.41, 5.74) is -2.04. The fraction of sp³-hybridized carbons (Fsp3) is 0.556. The molecular formula is C18H22ClNO5. The molecule has 0 spiro atoms. The van der Waals surface area contributed by atoms with E-state index in [2.05, 4.69) is 0 Å². The number of hydrogen-bond acceptors (Lipinski definition) is 4. The molecule has 2 heterocycles. The van der Waals surface area contributed by atoms with Crippen LogP contribution in [-0.2, 0) is 14.3 Å². The number of carbonyl (C=O) groups excluding carboxylic acids is 1. The minimum atomic E-state index is -1.13. The van der Waals surface area contributed by atoms with Crippen LogP contribution in [0.2, 0.25) is 5.02 Å². The fourth-order valence-electron chi connectivity index (χ4n) is 3.70. The average Bonchev–Trinajstić information content (AvgIpc) is 2.94. The zero-order chi connectivity index (χ0) is 18.2. The van der Waals surface area contributed by atoms with E-state index in [1.54, 1.807) is 43.0 Å². The lowest BCUT2D eigenvalue weighted by atomic mass is 9.74. The number of nitrogens with zero attached hydrogens (tertiary/aromatic N) is 1. The number of halogens is 1. The van der Waals surface area contributed by atoms with Crippen LogP contribution in [-0.4, -0.2) is 53.8 Å². The maximum atomic E-state index is 13.0. The summed E-state index contributed by atoms with van der Waals surface area (Å²) < 4.78 is 11.3. The highest BCUT2D eigenvalue weighted by Gasteiger charge is 2.56. The Balaban J connectivity index is 1.77. The zero-order valence-electron chi connectivity index (χ0n) is 14.3. The Hall–Kier alpha value is -1.79. The maximum Gasteiger partial charge on any atom is 0.311 e. The van der Waals surface area contributed by atoms with Crippen molar-refractivity contribution in [1.82, 2.24) is 4.90 Å². The van der Waals surface area contributed by atoms with Gasteiger partial charge >= 0.3 is 5.97 Å². The van der Waals surface area contributed by atoms with Gasteiger partial charge in [-0.1, -0.05) is 17.7 Å². The molecule has 6 nitrogen and oxygen atoms in total. The Morgan fingerprint density at radius 2 is 2.20 bits per heavy atom. The Morgan fingerprint density at radius 3 is 2.84 bits per heavy atom. The summed E-state index contributed by atoms with van der Waals surface area (Å²) in [7, 11) is 0. The molecule has 0 aliphatic carbocycles. The van der Waals surface area contributed by atoms with Crippen molar-refractivity contribution in [2.24, 2.45) is 11.3 Å². The van der Waals surface area contributed by atoms with E-state index in [1.165, 1.54) is 0 Å². The van der Waals surface area contributed by atoms with Gasteiger partial charge in [0.15, 0.2) is 5.60 Å². The van der Waals surface area contributed by atoms with Gasteiger partial charge in [-0.2, -0.15) is 0 Å². The Labute approximate surface area is 151 Å². The van der Waals surface area contributed by atoms with E-state index in [4.69, 9.17) is 21.1 Å². The third-order valence-corrected chi connectivity index (χ3v) is 5.34. The van der Waals surface area contributed by atoms with Crippen LogP contribution in [0.1, 0.15) is 20.3 Å². The van der Waals surface area contributed by atoms with Crippen molar-refractivity contribution in [3.05, 3.63) is 29.3 Å². The number of benzene rings is 1. The summed E-state index contributed by atoms with van der Waals surface area (Å²) in [6, 6.07) is 6.86. The predicted molar refractivity (Wildman–Crippen MR) is 91.7 cm³/mol. The minimum absolute atomic E-state index is 0.190. The van der Waals surface area contributed by atoms with Gasteiger partial charge in [-0.05, 0) is 38.5 Å². The SMILES string of the molecule is CC(C)(Oc1cccc(Cl)c1)C(=O)N1C[C@H]2COCC[C@@]2(C(=O)O)C1.